The van der Waals surface area contributed by atoms with Crippen molar-refractivity contribution < 1.29 is 9.53 Å². The summed E-state index contributed by atoms with van der Waals surface area (Å²) in [7, 11) is 0. The molecule has 2 fully saturated rings. The molecule has 1 aromatic carbocycles. The predicted octanol–water partition coefficient (Wildman–Crippen LogP) is 2.64. The number of nitrogens with one attached hydrogen (secondary N) is 1. The van der Waals surface area contributed by atoms with Gasteiger partial charge in [0.25, 0.3) is 0 Å². The quantitative estimate of drug-likeness (QED) is 0.868. The highest BCUT2D eigenvalue weighted by atomic mass is 35.5. The number of nitrogens with zero attached hydrogens (tertiary/aromatic N) is 1. The van der Waals surface area contributed by atoms with Crippen LogP contribution in [0.4, 0.5) is 0 Å². The molecular formula is C18H25ClN2O2. The van der Waals surface area contributed by atoms with Crippen molar-refractivity contribution in [2.45, 2.75) is 37.6 Å². The van der Waals surface area contributed by atoms with Crippen molar-refractivity contribution in [1.82, 2.24) is 10.2 Å². The van der Waals surface area contributed by atoms with Gasteiger partial charge in [-0.15, -0.1) is 0 Å². The standard InChI is InChI=1S/C18H25ClN2O2/c19-16-4-1-3-15(13-16)5-6-17(22)20-14-18(7-2-8-18)21-9-11-23-12-10-21/h1,3-4,13H,2,5-12,14H2,(H,20,22). The van der Waals surface area contributed by atoms with E-state index in [1.54, 1.807) is 0 Å². The maximum atomic E-state index is 12.2. The molecular weight excluding hydrogens is 312 g/mol. The van der Waals surface area contributed by atoms with Crippen molar-refractivity contribution in [3.63, 3.8) is 0 Å². The summed E-state index contributed by atoms with van der Waals surface area (Å²) >= 11 is 5.98. The first-order valence-electron chi connectivity index (χ1n) is 8.52. The molecule has 3 rings (SSSR count). The number of carbonyl (C=O) groups excluding carboxylic acids is 1. The van der Waals surface area contributed by atoms with Crippen LogP contribution < -0.4 is 5.32 Å². The van der Waals surface area contributed by atoms with Gasteiger partial charge in [-0.2, -0.15) is 0 Å². The molecule has 1 N–H and O–H groups in total. The van der Waals surface area contributed by atoms with Gasteiger partial charge in [0.15, 0.2) is 0 Å². The largest absolute Gasteiger partial charge is 0.379 e. The SMILES string of the molecule is O=C(CCc1cccc(Cl)c1)NCC1(N2CCOCC2)CCC1. The summed E-state index contributed by atoms with van der Waals surface area (Å²) in [6, 6.07) is 7.72. The molecule has 0 bridgehead atoms. The third-order valence-electron chi connectivity index (χ3n) is 5.11. The molecule has 5 heteroatoms. The van der Waals surface area contributed by atoms with Gasteiger partial charge in [-0.3, -0.25) is 9.69 Å². The Bertz CT molecular complexity index is 540. The van der Waals surface area contributed by atoms with Crippen LogP contribution in [0, 0.1) is 0 Å². The molecule has 0 unspecified atom stereocenters. The summed E-state index contributed by atoms with van der Waals surface area (Å²) in [6.07, 6.45) is 4.87. The summed E-state index contributed by atoms with van der Waals surface area (Å²) < 4.78 is 5.45. The minimum atomic E-state index is 0.129. The topological polar surface area (TPSA) is 41.6 Å². The average Bonchev–Trinajstić information content (AvgIpc) is 2.53. The van der Waals surface area contributed by atoms with Crippen LogP contribution in [0.15, 0.2) is 24.3 Å². The first-order valence-corrected chi connectivity index (χ1v) is 8.90. The summed E-state index contributed by atoms with van der Waals surface area (Å²) in [5, 5.41) is 3.88. The van der Waals surface area contributed by atoms with Crippen molar-refractivity contribution in [3.8, 4) is 0 Å². The molecule has 0 aromatic heterocycles. The highest BCUT2D eigenvalue weighted by Gasteiger charge is 2.42. The van der Waals surface area contributed by atoms with Gasteiger partial charge in [-0.1, -0.05) is 23.7 Å². The van der Waals surface area contributed by atoms with Crippen LogP contribution in [0.2, 0.25) is 5.02 Å². The number of morpholine rings is 1. The average molecular weight is 337 g/mol. The molecule has 1 heterocycles. The van der Waals surface area contributed by atoms with Crippen LogP contribution in [0.1, 0.15) is 31.2 Å². The van der Waals surface area contributed by atoms with E-state index in [4.69, 9.17) is 16.3 Å². The van der Waals surface area contributed by atoms with Crippen LogP contribution in [0.3, 0.4) is 0 Å². The Balaban J connectivity index is 1.46. The number of carbonyl (C=O) groups is 1. The van der Waals surface area contributed by atoms with Gasteiger partial charge in [0.1, 0.15) is 0 Å². The Hall–Kier alpha value is -1.10. The normalized spacial score (nSPS) is 20.7. The van der Waals surface area contributed by atoms with Crippen LogP contribution in [-0.2, 0) is 16.0 Å². The molecule has 1 aliphatic heterocycles. The van der Waals surface area contributed by atoms with Gasteiger partial charge in [0, 0.05) is 36.6 Å². The molecule has 23 heavy (non-hydrogen) atoms. The Morgan fingerprint density at radius 2 is 2.09 bits per heavy atom. The van der Waals surface area contributed by atoms with Crippen LogP contribution in [-0.4, -0.2) is 49.2 Å². The number of ether oxygens (including phenoxy) is 1. The van der Waals surface area contributed by atoms with Gasteiger partial charge in [0.05, 0.1) is 13.2 Å². The zero-order chi connectivity index (χ0) is 16.1. The van der Waals surface area contributed by atoms with Crippen molar-refractivity contribution in [1.29, 1.82) is 0 Å². The second kappa shape index (κ2) is 7.65. The summed E-state index contributed by atoms with van der Waals surface area (Å²) in [4.78, 5) is 14.7. The molecule has 4 nitrogen and oxygen atoms in total. The third kappa shape index (κ3) is 4.25. The van der Waals surface area contributed by atoms with Crippen molar-refractivity contribution in [3.05, 3.63) is 34.9 Å². The predicted molar refractivity (Wildman–Crippen MR) is 91.8 cm³/mol. The molecule has 1 saturated carbocycles. The number of rotatable bonds is 6. The Morgan fingerprint density at radius 3 is 2.74 bits per heavy atom. The maximum absolute atomic E-state index is 12.2. The van der Waals surface area contributed by atoms with Crippen molar-refractivity contribution in [2.24, 2.45) is 0 Å². The van der Waals surface area contributed by atoms with E-state index in [-0.39, 0.29) is 11.4 Å². The number of hydrogen-bond donors (Lipinski definition) is 1. The highest BCUT2D eigenvalue weighted by molar-refractivity contribution is 6.30. The van der Waals surface area contributed by atoms with Gasteiger partial charge in [0.2, 0.25) is 5.91 Å². The van der Waals surface area contributed by atoms with E-state index in [2.05, 4.69) is 10.2 Å². The van der Waals surface area contributed by atoms with Gasteiger partial charge in [-0.25, -0.2) is 0 Å². The van der Waals surface area contributed by atoms with Crippen molar-refractivity contribution >= 4 is 17.5 Å². The fourth-order valence-electron chi connectivity index (χ4n) is 3.53. The molecule has 0 radical (unpaired) electrons. The molecule has 1 amide bonds. The third-order valence-corrected chi connectivity index (χ3v) is 5.35. The van der Waals surface area contributed by atoms with Crippen LogP contribution >= 0.6 is 11.6 Å². The minimum absolute atomic E-state index is 0.129. The van der Waals surface area contributed by atoms with E-state index < -0.39 is 0 Å². The maximum Gasteiger partial charge on any atom is 0.220 e. The number of hydrogen-bond acceptors (Lipinski definition) is 3. The van der Waals surface area contributed by atoms with E-state index in [1.807, 2.05) is 24.3 Å². The Labute approximate surface area is 143 Å². The lowest BCUT2D eigenvalue weighted by Gasteiger charge is -2.51. The van der Waals surface area contributed by atoms with Gasteiger partial charge in [-0.05, 0) is 43.4 Å². The van der Waals surface area contributed by atoms with E-state index in [9.17, 15) is 4.79 Å². The lowest BCUT2D eigenvalue weighted by molar-refractivity contribution is -0.123. The van der Waals surface area contributed by atoms with E-state index in [0.717, 1.165) is 49.9 Å². The number of benzene rings is 1. The van der Waals surface area contributed by atoms with Crippen LogP contribution in [0.5, 0.6) is 0 Å². The van der Waals surface area contributed by atoms with Gasteiger partial charge < -0.3 is 10.1 Å². The zero-order valence-corrected chi connectivity index (χ0v) is 14.3. The zero-order valence-electron chi connectivity index (χ0n) is 13.5. The Kier molecular flexibility index (Phi) is 5.57. The van der Waals surface area contributed by atoms with E-state index in [1.165, 1.54) is 19.3 Å². The second-order valence-electron chi connectivity index (χ2n) is 6.58. The molecule has 1 aliphatic carbocycles. The fourth-order valence-corrected chi connectivity index (χ4v) is 3.74. The van der Waals surface area contributed by atoms with Crippen LogP contribution in [0.25, 0.3) is 0 Å². The van der Waals surface area contributed by atoms with Gasteiger partial charge >= 0.3 is 0 Å². The lowest BCUT2D eigenvalue weighted by Crippen LogP contribution is -2.62. The van der Waals surface area contributed by atoms with Crippen molar-refractivity contribution in [2.75, 3.05) is 32.8 Å². The molecule has 126 valence electrons. The fraction of sp³-hybridized carbons (Fsp3) is 0.611. The summed E-state index contributed by atoms with van der Waals surface area (Å²) in [5.74, 6) is 0.129. The lowest BCUT2D eigenvalue weighted by atomic mass is 9.75. The number of amides is 1. The monoisotopic (exact) mass is 336 g/mol. The number of halogens is 1. The smallest absolute Gasteiger partial charge is 0.220 e. The highest BCUT2D eigenvalue weighted by Crippen LogP contribution is 2.37. The number of aryl methyl sites for hydroxylation is 1. The molecule has 0 atom stereocenters. The summed E-state index contributed by atoms with van der Waals surface area (Å²) in [5.41, 5.74) is 1.29. The first kappa shape index (κ1) is 16.7. The van der Waals surface area contributed by atoms with E-state index in [0.29, 0.717) is 6.42 Å². The Morgan fingerprint density at radius 1 is 1.30 bits per heavy atom. The minimum Gasteiger partial charge on any atom is -0.379 e. The van der Waals surface area contributed by atoms with E-state index >= 15 is 0 Å². The molecule has 2 aliphatic rings. The second-order valence-corrected chi connectivity index (χ2v) is 7.02. The molecule has 1 aromatic rings. The molecule has 1 saturated heterocycles. The summed E-state index contributed by atoms with van der Waals surface area (Å²) in [6.45, 7) is 4.35. The molecule has 0 spiro atoms. The first-order chi connectivity index (χ1) is 11.2.